The summed E-state index contributed by atoms with van der Waals surface area (Å²) in [4.78, 5) is 12.8. The highest BCUT2D eigenvalue weighted by Crippen LogP contribution is 2.26. The lowest BCUT2D eigenvalue weighted by Crippen LogP contribution is -2.13. The summed E-state index contributed by atoms with van der Waals surface area (Å²) in [5.41, 5.74) is 2.02. The van der Waals surface area contributed by atoms with Crippen LogP contribution < -0.4 is 10.1 Å². The molecule has 1 N–H and O–H groups in total. The zero-order chi connectivity index (χ0) is 20.9. The highest BCUT2D eigenvalue weighted by Gasteiger charge is 2.19. The molecule has 0 fully saturated rings. The monoisotopic (exact) mass is 418 g/mol. The Balaban J connectivity index is 1.65. The van der Waals surface area contributed by atoms with Crippen LogP contribution in [0.2, 0.25) is 5.02 Å². The van der Waals surface area contributed by atoms with E-state index in [4.69, 9.17) is 26.0 Å². The molecule has 8 heteroatoms. The number of aromatic nitrogens is 2. The predicted molar refractivity (Wildman–Crippen MR) is 112 cm³/mol. The summed E-state index contributed by atoms with van der Waals surface area (Å²) in [6, 6.07) is 21.0. The van der Waals surface area contributed by atoms with Gasteiger partial charge in [-0.1, -0.05) is 23.7 Å². The van der Waals surface area contributed by atoms with Crippen LogP contribution in [0.3, 0.4) is 0 Å². The first kappa shape index (κ1) is 19.3. The van der Waals surface area contributed by atoms with Crippen LogP contribution in [0, 0.1) is 11.3 Å². The van der Waals surface area contributed by atoms with Gasteiger partial charge < -0.3 is 14.5 Å². The smallest absolute Gasteiger partial charge is 0.276 e. The van der Waals surface area contributed by atoms with Crippen molar-refractivity contribution in [2.24, 2.45) is 0 Å². The predicted octanol–water partition coefficient (Wildman–Crippen LogP) is 4.94. The van der Waals surface area contributed by atoms with Crippen LogP contribution in [0.1, 0.15) is 10.5 Å². The third kappa shape index (κ3) is 4.19. The summed E-state index contributed by atoms with van der Waals surface area (Å²) >= 11 is 6.12. The number of ether oxygens (including phenoxy) is 1. The Bertz CT molecular complexity index is 1230. The van der Waals surface area contributed by atoms with E-state index in [-0.39, 0.29) is 12.3 Å². The molecule has 7 nitrogen and oxygen atoms in total. The molecule has 4 aromatic rings. The number of furan rings is 1. The Kier molecular flexibility index (Phi) is 5.50. The first-order valence-corrected chi connectivity index (χ1v) is 9.33. The van der Waals surface area contributed by atoms with Crippen molar-refractivity contribution >= 4 is 23.2 Å². The second-order valence-corrected chi connectivity index (χ2v) is 6.65. The molecule has 0 spiro atoms. The van der Waals surface area contributed by atoms with Gasteiger partial charge in [-0.3, -0.25) is 4.79 Å². The number of nitrogens with zero attached hydrogens (tertiary/aromatic N) is 3. The van der Waals surface area contributed by atoms with E-state index in [2.05, 4.69) is 10.4 Å². The van der Waals surface area contributed by atoms with Crippen LogP contribution in [-0.4, -0.2) is 22.3 Å². The van der Waals surface area contributed by atoms with E-state index in [0.29, 0.717) is 33.6 Å². The number of hydrogen-bond acceptors (Lipinski definition) is 5. The van der Waals surface area contributed by atoms with Crippen molar-refractivity contribution < 1.29 is 13.9 Å². The molecule has 0 aliphatic heterocycles. The Morgan fingerprint density at radius 2 is 2.03 bits per heavy atom. The molecule has 2 aromatic heterocycles. The SMILES string of the molecule is N#CCOc1cccc(NC(=O)c2cc(-c3ccco3)n(-c3cccc(Cl)c3)n2)c1. The second kappa shape index (κ2) is 8.55. The lowest BCUT2D eigenvalue weighted by atomic mass is 10.2. The Labute approximate surface area is 177 Å². The molecular weight excluding hydrogens is 404 g/mol. The van der Waals surface area contributed by atoms with Crippen molar-refractivity contribution in [2.45, 2.75) is 0 Å². The molecule has 0 radical (unpaired) electrons. The fourth-order valence-electron chi connectivity index (χ4n) is 2.87. The zero-order valence-electron chi connectivity index (χ0n) is 15.6. The molecule has 4 rings (SSSR count). The molecule has 0 aliphatic rings. The van der Waals surface area contributed by atoms with Crippen LogP contribution in [-0.2, 0) is 0 Å². The van der Waals surface area contributed by atoms with Gasteiger partial charge in [-0.2, -0.15) is 10.4 Å². The fourth-order valence-corrected chi connectivity index (χ4v) is 3.06. The van der Waals surface area contributed by atoms with Gasteiger partial charge in [-0.05, 0) is 42.5 Å². The van der Waals surface area contributed by atoms with E-state index >= 15 is 0 Å². The zero-order valence-corrected chi connectivity index (χ0v) is 16.3. The number of benzene rings is 2. The number of halogens is 1. The number of nitriles is 1. The number of anilines is 1. The first-order chi connectivity index (χ1) is 14.6. The second-order valence-electron chi connectivity index (χ2n) is 6.21. The van der Waals surface area contributed by atoms with E-state index in [0.717, 1.165) is 0 Å². The van der Waals surface area contributed by atoms with Crippen molar-refractivity contribution in [2.75, 3.05) is 11.9 Å². The van der Waals surface area contributed by atoms with Gasteiger partial charge in [-0.15, -0.1) is 0 Å². The van der Waals surface area contributed by atoms with Crippen molar-refractivity contribution in [3.8, 4) is 29.0 Å². The van der Waals surface area contributed by atoms with Gasteiger partial charge in [0, 0.05) is 22.8 Å². The molecule has 0 saturated heterocycles. The average molecular weight is 419 g/mol. The number of hydrogen-bond donors (Lipinski definition) is 1. The summed E-state index contributed by atoms with van der Waals surface area (Å²) in [6.45, 7) is -0.0754. The summed E-state index contributed by atoms with van der Waals surface area (Å²) in [7, 11) is 0. The minimum atomic E-state index is -0.402. The minimum absolute atomic E-state index is 0.0754. The van der Waals surface area contributed by atoms with Gasteiger partial charge in [0.2, 0.25) is 0 Å². The third-order valence-electron chi connectivity index (χ3n) is 4.16. The summed E-state index contributed by atoms with van der Waals surface area (Å²) in [5, 5.41) is 16.4. The molecule has 0 saturated carbocycles. The van der Waals surface area contributed by atoms with E-state index in [1.165, 1.54) is 0 Å². The van der Waals surface area contributed by atoms with Crippen LogP contribution in [0.25, 0.3) is 17.1 Å². The quantitative estimate of drug-likeness (QED) is 0.478. The highest BCUT2D eigenvalue weighted by molar-refractivity contribution is 6.30. The van der Waals surface area contributed by atoms with Crippen LogP contribution in [0.4, 0.5) is 5.69 Å². The molecule has 2 aromatic carbocycles. The summed E-state index contributed by atoms with van der Waals surface area (Å²) in [6.07, 6.45) is 1.55. The number of nitrogens with one attached hydrogen (secondary N) is 1. The lowest BCUT2D eigenvalue weighted by Gasteiger charge is -2.07. The number of amides is 1. The highest BCUT2D eigenvalue weighted by atomic mass is 35.5. The summed E-state index contributed by atoms with van der Waals surface area (Å²) < 4.78 is 12.4. The molecule has 0 aliphatic carbocycles. The van der Waals surface area contributed by atoms with Gasteiger partial charge in [0.1, 0.15) is 17.5 Å². The molecule has 2 heterocycles. The average Bonchev–Trinajstić information content (AvgIpc) is 3.42. The van der Waals surface area contributed by atoms with Crippen LogP contribution in [0.15, 0.2) is 77.4 Å². The van der Waals surface area contributed by atoms with Gasteiger partial charge in [0.05, 0.1) is 12.0 Å². The van der Waals surface area contributed by atoms with Crippen molar-refractivity contribution in [1.82, 2.24) is 9.78 Å². The molecule has 148 valence electrons. The standard InChI is InChI=1S/C22H15ClN4O3/c23-15-4-1-6-17(12-15)27-20(21-8-3-10-30-21)14-19(26-27)22(28)25-16-5-2-7-18(13-16)29-11-9-24/h1-8,10,12-14H,11H2,(H,25,28). The molecule has 0 bridgehead atoms. The van der Waals surface area contributed by atoms with E-state index in [9.17, 15) is 4.79 Å². The molecule has 0 unspecified atom stereocenters. The maximum Gasteiger partial charge on any atom is 0.276 e. The van der Waals surface area contributed by atoms with Gasteiger partial charge in [-0.25, -0.2) is 4.68 Å². The van der Waals surface area contributed by atoms with E-state index in [1.54, 1.807) is 71.6 Å². The Morgan fingerprint density at radius 3 is 2.80 bits per heavy atom. The Hall–Kier alpha value is -4.02. The Morgan fingerprint density at radius 1 is 1.17 bits per heavy atom. The van der Waals surface area contributed by atoms with Gasteiger partial charge in [0.25, 0.3) is 5.91 Å². The number of rotatable bonds is 6. The fraction of sp³-hybridized carbons (Fsp3) is 0.0455. The first-order valence-electron chi connectivity index (χ1n) is 8.95. The minimum Gasteiger partial charge on any atom is -0.479 e. The topological polar surface area (TPSA) is 93.1 Å². The molecule has 30 heavy (non-hydrogen) atoms. The van der Waals surface area contributed by atoms with Crippen LogP contribution >= 0.6 is 11.6 Å². The van der Waals surface area contributed by atoms with Crippen LogP contribution in [0.5, 0.6) is 5.75 Å². The lowest BCUT2D eigenvalue weighted by molar-refractivity contribution is 0.102. The van der Waals surface area contributed by atoms with Crippen molar-refractivity contribution in [3.05, 3.63) is 83.7 Å². The molecule has 1 amide bonds. The van der Waals surface area contributed by atoms with E-state index in [1.807, 2.05) is 12.1 Å². The third-order valence-corrected chi connectivity index (χ3v) is 4.40. The molecular formula is C22H15ClN4O3. The van der Waals surface area contributed by atoms with Gasteiger partial charge in [0.15, 0.2) is 18.1 Å². The van der Waals surface area contributed by atoms with E-state index < -0.39 is 5.91 Å². The largest absolute Gasteiger partial charge is 0.479 e. The summed E-state index contributed by atoms with van der Waals surface area (Å²) in [5.74, 6) is 0.643. The number of carbonyl (C=O) groups is 1. The number of carbonyl (C=O) groups excluding carboxylic acids is 1. The van der Waals surface area contributed by atoms with Crippen molar-refractivity contribution in [3.63, 3.8) is 0 Å². The maximum atomic E-state index is 12.8. The maximum absolute atomic E-state index is 12.8. The molecule has 0 atom stereocenters. The van der Waals surface area contributed by atoms with Gasteiger partial charge >= 0.3 is 0 Å². The van der Waals surface area contributed by atoms with Crippen molar-refractivity contribution in [1.29, 1.82) is 5.26 Å². The normalized spacial score (nSPS) is 10.4.